The van der Waals surface area contributed by atoms with Gasteiger partial charge in [0.1, 0.15) is 6.07 Å². The van der Waals surface area contributed by atoms with Crippen molar-refractivity contribution in [3.63, 3.8) is 0 Å². The highest BCUT2D eigenvalue weighted by Crippen LogP contribution is 2.37. The second kappa shape index (κ2) is 6.44. The molecule has 1 aromatic heterocycles. The van der Waals surface area contributed by atoms with Gasteiger partial charge in [-0.1, -0.05) is 48.5 Å². The maximum Gasteiger partial charge on any atom is 0.268 e. The summed E-state index contributed by atoms with van der Waals surface area (Å²) in [4.78, 5) is 24.7. The summed E-state index contributed by atoms with van der Waals surface area (Å²) in [5.41, 5.74) is 0.529. The molecule has 0 bridgehead atoms. The number of Topliss-reactive ketones (excluding diaryl/α,β-unsaturated/α-hetero) is 1. The van der Waals surface area contributed by atoms with Crippen molar-refractivity contribution in [2.75, 3.05) is 0 Å². The molecule has 0 unspecified atom stereocenters. The van der Waals surface area contributed by atoms with Gasteiger partial charge in [0.2, 0.25) is 11.6 Å². The Bertz CT molecular complexity index is 1300. The molecule has 4 rings (SSSR count). The molecule has 0 amide bonds. The Balaban J connectivity index is 2.10. The molecule has 0 saturated heterocycles. The highest BCUT2D eigenvalue weighted by Gasteiger charge is 2.36. The molecule has 0 spiro atoms. The normalized spacial score (nSPS) is 13.6. The monoisotopic (exact) mass is 388 g/mol. The Kier molecular flexibility index (Phi) is 4.06. The van der Waals surface area contributed by atoms with E-state index in [0.717, 1.165) is 10.0 Å². The largest absolute Gasteiger partial charge is 0.286 e. The van der Waals surface area contributed by atoms with E-state index in [1.54, 1.807) is 48.5 Å². The topological polar surface area (TPSA) is 97.0 Å². The fourth-order valence-corrected chi connectivity index (χ4v) is 4.58. The average molecular weight is 388 g/mol. The third kappa shape index (κ3) is 2.59. The third-order valence-corrected chi connectivity index (χ3v) is 6.13. The van der Waals surface area contributed by atoms with E-state index in [9.17, 15) is 23.3 Å². The average Bonchev–Trinajstić information content (AvgIpc) is 3.14. The first-order valence-corrected chi connectivity index (χ1v) is 9.71. The van der Waals surface area contributed by atoms with Gasteiger partial charge in [-0.25, -0.2) is 12.4 Å². The standard InChI is InChI=1S/C21H12N2O4S/c22-12-15-11-18(24)21(25)19-17(14-7-3-1-4-8-14)13-23(20(15)19)28(26,27)16-9-5-2-6-10-16/h1-11,13H. The van der Waals surface area contributed by atoms with E-state index < -0.39 is 21.6 Å². The van der Waals surface area contributed by atoms with Gasteiger partial charge in [0.15, 0.2) is 0 Å². The van der Waals surface area contributed by atoms with Gasteiger partial charge in [-0.3, -0.25) is 9.59 Å². The molecule has 7 heteroatoms. The fraction of sp³-hybridized carbons (Fsp3) is 0. The molecule has 0 atom stereocenters. The van der Waals surface area contributed by atoms with Crippen LogP contribution >= 0.6 is 0 Å². The lowest BCUT2D eigenvalue weighted by Crippen LogP contribution is -2.22. The van der Waals surface area contributed by atoms with Crippen LogP contribution in [-0.2, 0) is 14.8 Å². The number of rotatable bonds is 3. The minimum atomic E-state index is -4.09. The van der Waals surface area contributed by atoms with Gasteiger partial charge in [-0.2, -0.15) is 5.26 Å². The number of nitrogens with zero attached hydrogens (tertiary/aromatic N) is 2. The number of allylic oxidation sites excluding steroid dienone is 2. The molecule has 6 nitrogen and oxygen atoms in total. The molecular formula is C21H12N2O4S. The van der Waals surface area contributed by atoms with Crippen LogP contribution in [0.25, 0.3) is 16.7 Å². The van der Waals surface area contributed by atoms with Crippen molar-refractivity contribution in [2.24, 2.45) is 0 Å². The van der Waals surface area contributed by atoms with E-state index >= 15 is 0 Å². The summed E-state index contributed by atoms with van der Waals surface area (Å²) in [6, 6.07) is 18.2. The highest BCUT2D eigenvalue weighted by atomic mass is 32.2. The molecule has 0 saturated carbocycles. The van der Waals surface area contributed by atoms with Crippen LogP contribution in [0.1, 0.15) is 16.1 Å². The van der Waals surface area contributed by atoms with Gasteiger partial charge in [0, 0.05) is 17.8 Å². The lowest BCUT2D eigenvalue weighted by atomic mass is 9.91. The van der Waals surface area contributed by atoms with Crippen molar-refractivity contribution in [3.05, 3.63) is 84.2 Å². The van der Waals surface area contributed by atoms with E-state index in [4.69, 9.17) is 0 Å². The van der Waals surface area contributed by atoms with Crippen LogP contribution in [0.4, 0.5) is 0 Å². The number of ketones is 2. The number of hydrogen-bond donors (Lipinski definition) is 0. The van der Waals surface area contributed by atoms with Gasteiger partial charge < -0.3 is 0 Å². The third-order valence-electron chi connectivity index (χ3n) is 4.46. The van der Waals surface area contributed by atoms with Crippen molar-refractivity contribution >= 4 is 27.2 Å². The second-order valence-corrected chi connectivity index (χ2v) is 7.92. The molecule has 1 aliphatic rings. The Morgan fingerprint density at radius 2 is 1.50 bits per heavy atom. The lowest BCUT2D eigenvalue weighted by molar-refractivity contribution is -0.110. The van der Waals surface area contributed by atoms with Crippen LogP contribution in [0, 0.1) is 11.3 Å². The number of carbonyl (C=O) groups excluding carboxylic acids is 2. The molecule has 0 aliphatic heterocycles. The number of fused-ring (bicyclic) bond motifs is 1. The molecule has 1 aliphatic carbocycles. The molecular weight excluding hydrogens is 376 g/mol. The number of benzene rings is 2. The molecule has 3 aromatic rings. The summed E-state index contributed by atoms with van der Waals surface area (Å²) in [5, 5.41) is 9.49. The minimum absolute atomic E-state index is 0.00838. The molecule has 1 heterocycles. The smallest absolute Gasteiger partial charge is 0.268 e. The highest BCUT2D eigenvalue weighted by molar-refractivity contribution is 7.90. The lowest BCUT2D eigenvalue weighted by Gasteiger charge is -2.13. The fourth-order valence-electron chi connectivity index (χ4n) is 3.17. The van der Waals surface area contributed by atoms with Gasteiger partial charge in [-0.05, 0) is 17.7 Å². The van der Waals surface area contributed by atoms with E-state index in [2.05, 4.69) is 0 Å². The van der Waals surface area contributed by atoms with E-state index in [1.807, 2.05) is 6.07 Å². The van der Waals surface area contributed by atoms with Crippen molar-refractivity contribution in [3.8, 4) is 17.2 Å². The molecule has 0 fully saturated rings. The zero-order chi connectivity index (χ0) is 19.9. The van der Waals surface area contributed by atoms with Gasteiger partial charge in [0.25, 0.3) is 10.0 Å². The summed E-state index contributed by atoms with van der Waals surface area (Å²) < 4.78 is 27.4. The minimum Gasteiger partial charge on any atom is -0.286 e. The van der Waals surface area contributed by atoms with Crippen LogP contribution in [-0.4, -0.2) is 24.0 Å². The van der Waals surface area contributed by atoms with Gasteiger partial charge in [0.05, 0.1) is 21.7 Å². The van der Waals surface area contributed by atoms with Crippen LogP contribution in [0.2, 0.25) is 0 Å². The number of carbonyl (C=O) groups is 2. The number of aromatic nitrogens is 1. The Labute approximate surface area is 161 Å². The molecule has 28 heavy (non-hydrogen) atoms. The second-order valence-electron chi connectivity index (χ2n) is 6.11. The predicted molar refractivity (Wildman–Crippen MR) is 102 cm³/mol. The molecule has 0 radical (unpaired) electrons. The van der Waals surface area contributed by atoms with Crippen molar-refractivity contribution in [1.82, 2.24) is 3.97 Å². The van der Waals surface area contributed by atoms with Crippen molar-refractivity contribution < 1.29 is 18.0 Å². The van der Waals surface area contributed by atoms with E-state index in [-0.39, 0.29) is 27.3 Å². The summed E-state index contributed by atoms with van der Waals surface area (Å²) in [5.74, 6) is -1.69. The molecule has 0 N–H and O–H groups in total. The van der Waals surface area contributed by atoms with Crippen molar-refractivity contribution in [1.29, 1.82) is 5.26 Å². The van der Waals surface area contributed by atoms with E-state index in [1.165, 1.54) is 18.3 Å². The van der Waals surface area contributed by atoms with Crippen LogP contribution in [0.5, 0.6) is 0 Å². The first kappa shape index (κ1) is 17.6. The summed E-state index contributed by atoms with van der Waals surface area (Å²) in [6.45, 7) is 0. The van der Waals surface area contributed by atoms with E-state index in [0.29, 0.717) is 5.56 Å². The molecule has 136 valence electrons. The van der Waals surface area contributed by atoms with Gasteiger partial charge in [-0.15, -0.1) is 0 Å². The zero-order valence-corrected chi connectivity index (χ0v) is 15.2. The van der Waals surface area contributed by atoms with Crippen LogP contribution in [0.3, 0.4) is 0 Å². The maximum absolute atomic E-state index is 13.2. The SMILES string of the molecule is N#CC1=CC(=O)C(=O)c2c(-c3ccccc3)cn(S(=O)(=O)c3ccccc3)c21. The molecule has 2 aromatic carbocycles. The van der Waals surface area contributed by atoms with Crippen molar-refractivity contribution in [2.45, 2.75) is 4.90 Å². The Morgan fingerprint density at radius 3 is 2.11 bits per heavy atom. The summed E-state index contributed by atoms with van der Waals surface area (Å²) in [7, 11) is -4.09. The predicted octanol–water partition coefficient (Wildman–Crippen LogP) is 3.06. The van der Waals surface area contributed by atoms with Crippen LogP contribution in [0.15, 0.2) is 77.8 Å². The number of hydrogen-bond acceptors (Lipinski definition) is 5. The zero-order valence-electron chi connectivity index (χ0n) is 14.4. The first-order chi connectivity index (χ1) is 13.4. The number of nitriles is 1. The maximum atomic E-state index is 13.2. The quantitative estimate of drug-likeness (QED) is 0.643. The van der Waals surface area contributed by atoms with Gasteiger partial charge >= 0.3 is 0 Å². The Morgan fingerprint density at radius 1 is 0.893 bits per heavy atom. The van der Waals surface area contributed by atoms with Crippen LogP contribution < -0.4 is 0 Å². The first-order valence-electron chi connectivity index (χ1n) is 8.27. The summed E-state index contributed by atoms with van der Waals surface area (Å²) in [6.07, 6.45) is 2.18. The summed E-state index contributed by atoms with van der Waals surface area (Å²) >= 11 is 0. The Hall–Kier alpha value is -3.76.